The van der Waals surface area contributed by atoms with E-state index in [1.54, 1.807) is 7.11 Å². The van der Waals surface area contributed by atoms with Crippen LogP contribution in [0.5, 0.6) is 11.5 Å². The molecule has 6 nitrogen and oxygen atoms in total. The molecule has 1 atom stereocenters. The van der Waals surface area contributed by atoms with E-state index < -0.39 is 18.3 Å². The largest absolute Gasteiger partial charge is 0.493 e. The molecule has 0 spiro atoms. The fourth-order valence-electron chi connectivity index (χ4n) is 3.46. The summed E-state index contributed by atoms with van der Waals surface area (Å²) in [7, 11) is 2.39. The van der Waals surface area contributed by atoms with Gasteiger partial charge >= 0.3 is 13.1 Å². The molecule has 0 aromatic heterocycles. The summed E-state index contributed by atoms with van der Waals surface area (Å²) in [6, 6.07) is 15.5. The van der Waals surface area contributed by atoms with Gasteiger partial charge in [-0.15, -0.1) is 0 Å². The van der Waals surface area contributed by atoms with Crippen molar-refractivity contribution in [3.63, 3.8) is 0 Å². The van der Waals surface area contributed by atoms with Gasteiger partial charge in [-0.05, 0) is 51.0 Å². The quantitative estimate of drug-likeness (QED) is 0.456. The molecule has 0 radical (unpaired) electrons. The lowest BCUT2D eigenvalue weighted by atomic mass is 9.66. The Kier molecular flexibility index (Phi) is 6.97. The van der Waals surface area contributed by atoms with Gasteiger partial charge in [0.05, 0.1) is 31.8 Å². The molecule has 0 saturated carbocycles. The van der Waals surface area contributed by atoms with Gasteiger partial charge in [0.1, 0.15) is 6.61 Å². The average Bonchev–Trinajstić information content (AvgIpc) is 2.97. The summed E-state index contributed by atoms with van der Waals surface area (Å²) in [4.78, 5) is 12.2. The average molecular weight is 426 g/mol. The molecule has 3 rings (SSSR count). The number of ether oxygens (including phenoxy) is 3. The number of rotatable bonds is 8. The minimum atomic E-state index is -0.598. The minimum absolute atomic E-state index is 0.123. The van der Waals surface area contributed by atoms with E-state index in [-0.39, 0.29) is 18.2 Å². The van der Waals surface area contributed by atoms with E-state index in [1.165, 1.54) is 7.11 Å². The van der Waals surface area contributed by atoms with E-state index >= 15 is 0 Å². The lowest BCUT2D eigenvalue weighted by molar-refractivity contribution is -0.140. The molecule has 1 fully saturated rings. The zero-order valence-corrected chi connectivity index (χ0v) is 19.1. The van der Waals surface area contributed by atoms with Gasteiger partial charge in [0, 0.05) is 5.82 Å². The molecular formula is C24H31BO6. The molecule has 7 heteroatoms. The maximum Gasteiger partial charge on any atom is 0.466 e. The first-order valence-electron chi connectivity index (χ1n) is 10.4. The molecule has 1 saturated heterocycles. The van der Waals surface area contributed by atoms with Crippen molar-refractivity contribution in [1.82, 2.24) is 0 Å². The minimum Gasteiger partial charge on any atom is -0.493 e. The van der Waals surface area contributed by atoms with Gasteiger partial charge < -0.3 is 23.5 Å². The van der Waals surface area contributed by atoms with Crippen molar-refractivity contribution >= 4 is 13.1 Å². The molecule has 31 heavy (non-hydrogen) atoms. The summed E-state index contributed by atoms with van der Waals surface area (Å²) in [6.45, 7) is 8.36. The van der Waals surface area contributed by atoms with Crippen LogP contribution in [0, 0.1) is 0 Å². The van der Waals surface area contributed by atoms with Gasteiger partial charge in [0.25, 0.3) is 0 Å². The molecular weight excluding hydrogens is 395 g/mol. The van der Waals surface area contributed by atoms with Crippen LogP contribution in [0.15, 0.2) is 48.5 Å². The monoisotopic (exact) mass is 426 g/mol. The predicted octanol–water partition coefficient (Wildman–Crippen LogP) is 4.55. The molecule has 2 aromatic rings. The highest BCUT2D eigenvalue weighted by molar-refractivity contribution is 6.48. The predicted molar refractivity (Wildman–Crippen MR) is 119 cm³/mol. The van der Waals surface area contributed by atoms with Crippen LogP contribution in [0.3, 0.4) is 0 Å². The number of hydrogen-bond acceptors (Lipinski definition) is 6. The number of hydrogen-bond donors (Lipinski definition) is 0. The number of esters is 1. The van der Waals surface area contributed by atoms with E-state index in [0.29, 0.717) is 18.1 Å². The van der Waals surface area contributed by atoms with Gasteiger partial charge in [0.2, 0.25) is 0 Å². The smallest absolute Gasteiger partial charge is 0.466 e. The topological polar surface area (TPSA) is 63.2 Å². The molecule has 166 valence electrons. The Morgan fingerprint density at radius 1 is 0.968 bits per heavy atom. The van der Waals surface area contributed by atoms with Crippen molar-refractivity contribution in [3.05, 3.63) is 59.7 Å². The van der Waals surface area contributed by atoms with Gasteiger partial charge in [0.15, 0.2) is 11.5 Å². The standard InChI is InChI=1S/C24H31BO6/c1-23(2)24(3,4)31-25(30-23)19(15-22(26)28-6)18-12-13-20(27-5)21(14-18)29-16-17-10-8-7-9-11-17/h7-14,19H,15-16H2,1-6H3. The SMILES string of the molecule is COC(=O)CC(B1OC(C)(C)C(C)(C)O1)c1ccc(OC)c(OCc2ccccc2)c1. The zero-order valence-electron chi connectivity index (χ0n) is 19.1. The summed E-state index contributed by atoms with van der Waals surface area (Å²) in [5, 5.41) is 0. The first-order valence-corrected chi connectivity index (χ1v) is 10.4. The lowest BCUT2D eigenvalue weighted by Crippen LogP contribution is -2.41. The Bertz CT molecular complexity index is 880. The first-order chi connectivity index (χ1) is 14.7. The van der Waals surface area contributed by atoms with Crippen LogP contribution < -0.4 is 9.47 Å². The number of carbonyl (C=O) groups excluding carboxylic acids is 1. The second-order valence-corrected chi connectivity index (χ2v) is 8.70. The van der Waals surface area contributed by atoms with Gasteiger partial charge in [-0.1, -0.05) is 36.4 Å². The molecule has 1 aliphatic rings. The molecule has 1 aliphatic heterocycles. The van der Waals surface area contributed by atoms with E-state index in [1.807, 2.05) is 76.2 Å². The molecule has 2 aromatic carbocycles. The summed E-state index contributed by atoms with van der Waals surface area (Å²) >= 11 is 0. The van der Waals surface area contributed by atoms with Crippen LogP contribution in [0.4, 0.5) is 0 Å². The molecule has 1 heterocycles. The third-order valence-electron chi connectivity index (χ3n) is 6.07. The van der Waals surface area contributed by atoms with Crippen molar-refractivity contribution in [1.29, 1.82) is 0 Å². The van der Waals surface area contributed by atoms with Gasteiger partial charge in [-0.2, -0.15) is 0 Å². The van der Waals surface area contributed by atoms with E-state index in [4.69, 9.17) is 23.5 Å². The maximum absolute atomic E-state index is 12.2. The maximum atomic E-state index is 12.2. The van der Waals surface area contributed by atoms with E-state index in [2.05, 4.69) is 0 Å². The third kappa shape index (κ3) is 5.22. The van der Waals surface area contributed by atoms with Crippen LogP contribution in [0.2, 0.25) is 0 Å². The molecule has 0 aliphatic carbocycles. The number of methoxy groups -OCH3 is 2. The third-order valence-corrected chi connectivity index (χ3v) is 6.07. The van der Waals surface area contributed by atoms with Gasteiger partial charge in [-0.25, -0.2) is 0 Å². The van der Waals surface area contributed by atoms with Crippen LogP contribution in [-0.4, -0.2) is 38.5 Å². The van der Waals surface area contributed by atoms with Crippen LogP contribution in [0.1, 0.15) is 51.1 Å². The van der Waals surface area contributed by atoms with Crippen molar-refractivity contribution in [2.45, 2.75) is 57.7 Å². The normalized spacial score (nSPS) is 17.8. The van der Waals surface area contributed by atoms with Crippen LogP contribution >= 0.6 is 0 Å². The fraction of sp³-hybridized carbons (Fsp3) is 0.458. The fourth-order valence-corrected chi connectivity index (χ4v) is 3.46. The van der Waals surface area contributed by atoms with Crippen LogP contribution in [0.25, 0.3) is 0 Å². The Morgan fingerprint density at radius 2 is 1.61 bits per heavy atom. The second kappa shape index (κ2) is 9.33. The number of benzene rings is 2. The Morgan fingerprint density at radius 3 is 2.19 bits per heavy atom. The summed E-state index contributed by atoms with van der Waals surface area (Å²) < 4.78 is 29.0. The Balaban J connectivity index is 1.90. The van der Waals surface area contributed by atoms with Gasteiger partial charge in [-0.3, -0.25) is 4.79 Å². The lowest BCUT2D eigenvalue weighted by Gasteiger charge is -2.32. The summed E-state index contributed by atoms with van der Waals surface area (Å²) in [5.74, 6) is 0.515. The highest BCUT2D eigenvalue weighted by Gasteiger charge is 2.54. The second-order valence-electron chi connectivity index (χ2n) is 8.70. The van der Waals surface area contributed by atoms with Crippen molar-refractivity contribution in [2.75, 3.05) is 14.2 Å². The summed E-state index contributed by atoms with van der Waals surface area (Å²) in [5.41, 5.74) is 0.885. The molecule has 0 bridgehead atoms. The highest BCUT2D eigenvalue weighted by Crippen LogP contribution is 2.43. The van der Waals surface area contributed by atoms with Crippen molar-refractivity contribution in [3.8, 4) is 11.5 Å². The van der Waals surface area contributed by atoms with Crippen molar-refractivity contribution in [2.24, 2.45) is 0 Å². The Hall–Kier alpha value is -2.51. The van der Waals surface area contributed by atoms with Crippen LogP contribution in [-0.2, 0) is 25.4 Å². The van der Waals surface area contributed by atoms with Crippen molar-refractivity contribution < 1.29 is 28.3 Å². The molecule has 0 amide bonds. The molecule has 0 N–H and O–H groups in total. The number of carbonyl (C=O) groups is 1. The van der Waals surface area contributed by atoms with E-state index in [0.717, 1.165) is 11.1 Å². The summed E-state index contributed by atoms with van der Waals surface area (Å²) in [6.07, 6.45) is 0.123. The first kappa shape index (κ1) is 23.2. The molecule has 1 unspecified atom stereocenters. The Labute approximate surface area is 184 Å². The zero-order chi connectivity index (χ0) is 22.6. The van der Waals surface area contributed by atoms with E-state index in [9.17, 15) is 4.79 Å². The highest BCUT2D eigenvalue weighted by atomic mass is 16.7.